The van der Waals surface area contributed by atoms with Gasteiger partial charge in [0.25, 0.3) is 0 Å². The van der Waals surface area contributed by atoms with Gasteiger partial charge in [-0.3, -0.25) is 4.79 Å². The molecule has 132 valence electrons. The summed E-state index contributed by atoms with van der Waals surface area (Å²) in [5.41, 5.74) is 1.90. The number of carboxylic acids is 1. The second-order valence-corrected chi connectivity index (χ2v) is 7.30. The van der Waals surface area contributed by atoms with Crippen molar-refractivity contribution in [3.8, 4) is 5.75 Å². The topological polar surface area (TPSA) is 70.6 Å². The highest BCUT2D eigenvalue weighted by Gasteiger charge is 2.38. The van der Waals surface area contributed by atoms with Crippen LogP contribution in [0.5, 0.6) is 5.75 Å². The van der Waals surface area contributed by atoms with Crippen molar-refractivity contribution in [3.63, 3.8) is 0 Å². The second-order valence-electron chi connectivity index (χ2n) is 5.91. The fourth-order valence-corrected chi connectivity index (χ4v) is 4.04. The van der Waals surface area contributed by atoms with Crippen LogP contribution in [0.4, 0.5) is 11.4 Å². The third-order valence-corrected chi connectivity index (χ3v) is 5.23. The average molecular weight is 358 g/mol. The third kappa shape index (κ3) is 4.82. The van der Waals surface area contributed by atoms with Gasteiger partial charge in [-0.15, -0.1) is 11.8 Å². The van der Waals surface area contributed by atoms with Crippen molar-refractivity contribution in [1.29, 1.82) is 0 Å². The zero-order valence-electron chi connectivity index (χ0n) is 13.9. The third-order valence-electron chi connectivity index (χ3n) is 3.90. The smallest absolute Gasteiger partial charge is 0.308 e. The molecule has 2 aromatic rings. The number of nitrogens with one attached hydrogen (secondary N) is 2. The molecule has 0 amide bonds. The average Bonchev–Trinajstić information content (AvgIpc) is 2.96. The first kappa shape index (κ1) is 17.5. The van der Waals surface area contributed by atoms with Gasteiger partial charge in [-0.05, 0) is 42.9 Å². The van der Waals surface area contributed by atoms with E-state index in [0.29, 0.717) is 6.61 Å². The number of benzene rings is 2. The van der Waals surface area contributed by atoms with E-state index in [4.69, 9.17) is 4.74 Å². The van der Waals surface area contributed by atoms with Crippen LogP contribution < -0.4 is 15.4 Å². The Hall–Kier alpha value is -2.34. The molecule has 0 saturated carbocycles. The van der Waals surface area contributed by atoms with Crippen LogP contribution in [0.2, 0.25) is 0 Å². The molecule has 0 fully saturated rings. The molecule has 0 bridgehead atoms. The Morgan fingerprint density at radius 3 is 2.28 bits per heavy atom. The van der Waals surface area contributed by atoms with Crippen molar-refractivity contribution < 1.29 is 14.6 Å². The number of para-hydroxylation sites is 3. The number of thioether (sulfide) groups is 1. The summed E-state index contributed by atoms with van der Waals surface area (Å²) in [6.45, 7) is 0.664. The molecule has 2 aromatic carbocycles. The lowest BCUT2D eigenvalue weighted by molar-refractivity contribution is -0.137. The van der Waals surface area contributed by atoms with Crippen LogP contribution >= 0.6 is 11.8 Å². The van der Waals surface area contributed by atoms with E-state index >= 15 is 0 Å². The summed E-state index contributed by atoms with van der Waals surface area (Å²) in [6, 6.07) is 17.6. The van der Waals surface area contributed by atoms with Crippen LogP contribution in [0, 0.1) is 0 Å². The highest BCUT2D eigenvalue weighted by Crippen LogP contribution is 2.41. The highest BCUT2D eigenvalue weighted by atomic mass is 32.2. The first-order valence-corrected chi connectivity index (χ1v) is 9.34. The summed E-state index contributed by atoms with van der Waals surface area (Å²) in [5.74, 6) is 0.902. The summed E-state index contributed by atoms with van der Waals surface area (Å²) in [4.78, 5) is 10.6. The molecule has 1 aliphatic heterocycles. The van der Waals surface area contributed by atoms with E-state index in [1.165, 1.54) is 0 Å². The number of unbranched alkanes of at least 4 members (excludes halogenated alkanes) is 1. The van der Waals surface area contributed by atoms with Gasteiger partial charge < -0.3 is 20.5 Å². The predicted molar refractivity (Wildman–Crippen MR) is 102 cm³/mol. The fraction of sp³-hybridized carbons (Fsp3) is 0.316. The van der Waals surface area contributed by atoms with Gasteiger partial charge in [0.15, 0.2) is 4.99 Å². The summed E-state index contributed by atoms with van der Waals surface area (Å²) in [6.07, 6.45) is 1.89. The summed E-state index contributed by atoms with van der Waals surface area (Å²) >= 11 is 1.60. The van der Waals surface area contributed by atoms with Gasteiger partial charge in [0.05, 0.1) is 24.4 Å². The molecule has 0 saturated heterocycles. The van der Waals surface area contributed by atoms with E-state index < -0.39 is 11.0 Å². The Morgan fingerprint density at radius 2 is 1.64 bits per heavy atom. The number of anilines is 2. The Kier molecular flexibility index (Phi) is 5.71. The number of rotatable bonds is 9. The van der Waals surface area contributed by atoms with Crippen molar-refractivity contribution in [3.05, 3.63) is 54.6 Å². The lowest BCUT2D eigenvalue weighted by Crippen LogP contribution is -2.40. The summed E-state index contributed by atoms with van der Waals surface area (Å²) in [7, 11) is 0. The monoisotopic (exact) mass is 358 g/mol. The maximum Gasteiger partial charge on any atom is 0.308 e. The first-order chi connectivity index (χ1) is 12.2. The Balaban J connectivity index is 1.45. The van der Waals surface area contributed by atoms with Gasteiger partial charge in [-0.1, -0.05) is 30.3 Å². The van der Waals surface area contributed by atoms with E-state index in [2.05, 4.69) is 10.6 Å². The normalized spacial score (nSPS) is 14.2. The van der Waals surface area contributed by atoms with E-state index in [-0.39, 0.29) is 6.42 Å². The maximum atomic E-state index is 11.3. The highest BCUT2D eigenvalue weighted by molar-refractivity contribution is 8.00. The summed E-state index contributed by atoms with van der Waals surface area (Å²) < 4.78 is 5.68. The molecule has 0 radical (unpaired) electrons. The minimum Gasteiger partial charge on any atom is -0.494 e. The Bertz CT molecular complexity index is 684. The van der Waals surface area contributed by atoms with Crippen molar-refractivity contribution in [2.24, 2.45) is 0 Å². The molecule has 0 unspecified atom stereocenters. The number of carboxylic acid groups (broad SMARTS) is 1. The van der Waals surface area contributed by atoms with E-state index in [1.54, 1.807) is 11.8 Å². The van der Waals surface area contributed by atoms with E-state index in [1.807, 2.05) is 54.6 Å². The maximum absolute atomic E-state index is 11.3. The van der Waals surface area contributed by atoms with Crippen LogP contribution in [-0.2, 0) is 4.79 Å². The quantitative estimate of drug-likeness (QED) is 0.582. The minimum absolute atomic E-state index is 0.00681. The van der Waals surface area contributed by atoms with Gasteiger partial charge in [-0.25, -0.2) is 0 Å². The molecule has 0 atom stereocenters. The van der Waals surface area contributed by atoms with Crippen molar-refractivity contribution in [1.82, 2.24) is 0 Å². The second kappa shape index (κ2) is 8.16. The van der Waals surface area contributed by atoms with Crippen LogP contribution in [0.1, 0.15) is 19.3 Å². The molecule has 5 nitrogen and oxygen atoms in total. The van der Waals surface area contributed by atoms with Crippen molar-refractivity contribution >= 4 is 29.1 Å². The number of hydrogen-bond acceptors (Lipinski definition) is 5. The first-order valence-electron chi connectivity index (χ1n) is 8.36. The fourth-order valence-electron chi connectivity index (χ4n) is 2.75. The van der Waals surface area contributed by atoms with E-state index in [0.717, 1.165) is 35.7 Å². The molecule has 0 aliphatic carbocycles. The molecule has 25 heavy (non-hydrogen) atoms. The van der Waals surface area contributed by atoms with E-state index in [9.17, 15) is 9.90 Å². The van der Waals surface area contributed by atoms with Crippen LogP contribution in [0.3, 0.4) is 0 Å². The Labute approximate surface area is 151 Å². The number of fused-ring (bicyclic) bond motifs is 1. The number of hydrogen-bond donors (Lipinski definition) is 3. The SMILES string of the molecule is O=C(O)CC1(SCCCCOc2ccccc2)Nc2ccccc2N1. The van der Waals surface area contributed by atoms with Gasteiger partial charge in [0, 0.05) is 0 Å². The van der Waals surface area contributed by atoms with Crippen LogP contribution in [0.15, 0.2) is 54.6 Å². The van der Waals surface area contributed by atoms with Gasteiger partial charge in [0.2, 0.25) is 0 Å². The zero-order valence-corrected chi connectivity index (χ0v) is 14.7. The molecular formula is C19H22N2O3S. The minimum atomic E-state index is -0.826. The predicted octanol–water partition coefficient (Wildman–Crippen LogP) is 4.24. The molecule has 3 N–H and O–H groups in total. The molecule has 1 heterocycles. The number of aliphatic carboxylic acids is 1. The number of carbonyl (C=O) groups is 1. The molecule has 3 rings (SSSR count). The lowest BCUT2D eigenvalue weighted by atomic mass is 10.3. The van der Waals surface area contributed by atoms with Crippen LogP contribution in [-0.4, -0.2) is 28.4 Å². The molecule has 0 aromatic heterocycles. The van der Waals surface area contributed by atoms with Gasteiger partial charge in [-0.2, -0.15) is 0 Å². The van der Waals surface area contributed by atoms with Crippen molar-refractivity contribution in [2.45, 2.75) is 24.3 Å². The molecule has 0 spiro atoms. The standard InChI is InChI=1S/C19H22N2O3S/c22-18(23)14-19(20-16-10-4-5-11-17(16)21-19)25-13-7-6-12-24-15-8-2-1-3-9-15/h1-5,8-11,20-21H,6-7,12-14H2,(H,22,23). The molecule has 6 heteroatoms. The molecular weight excluding hydrogens is 336 g/mol. The van der Waals surface area contributed by atoms with Crippen LogP contribution in [0.25, 0.3) is 0 Å². The Morgan fingerprint density at radius 1 is 1.00 bits per heavy atom. The zero-order chi connectivity index (χ0) is 17.5. The number of ether oxygens (including phenoxy) is 1. The largest absolute Gasteiger partial charge is 0.494 e. The molecule has 1 aliphatic rings. The van der Waals surface area contributed by atoms with Gasteiger partial charge >= 0.3 is 5.97 Å². The van der Waals surface area contributed by atoms with Gasteiger partial charge in [0.1, 0.15) is 5.75 Å². The lowest BCUT2D eigenvalue weighted by Gasteiger charge is -2.28. The van der Waals surface area contributed by atoms with Crippen molar-refractivity contribution in [2.75, 3.05) is 23.0 Å². The summed E-state index contributed by atoms with van der Waals surface area (Å²) in [5, 5.41) is 15.9.